The Balaban J connectivity index is 1.85. The molecule has 1 nitrogen and oxygen atoms in total. The third-order valence-corrected chi connectivity index (χ3v) is 5.37. The maximum absolute atomic E-state index is 6.26. The number of hydrogen-bond donors (Lipinski definition) is 1. The third kappa shape index (κ3) is 2.28. The maximum atomic E-state index is 6.26. The molecule has 3 heteroatoms. The van der Waals surface area contributed by atoms with Crippen LogP contribution in [-0.2, 0) is 0 Å². The molecule has 1 saturated heterocycles. The van der Waals surface area contributed by atoms with E-state index in [1.54, 1.807) is 0 Å². The lowest BCUT2D eigenvalue weighted by atomic mass is 9.80. The van der Waals surface area contributed by atoms with Crippen molar-refractivity contribution in [2.24, 2.45) is 5.92 Å². The molecule has 1 N–H and O–H groups in total. The molecule has 1 aliphatic heterocycles. The molecule has 108 valence electrons. The van der Waals surface area contributed by atoms with Gasteiger partial charge < -0.3 is 5.32 Å². The fourth-order valence-electron chi connectivity index (χ4n) is 4.04. The molecule has 3 atom stereocenters. The van der Waals surface area contributed by atoms with Gasteiger partial charge in [0, 0.05) is 22.0 Å². The van der Waals surface area contributed by atoms with Gasteiger partial charge in [0.1, 0.15) is 0 Å². The normalized spacial score (nSPS) is 27.2. The van der Waals surface area contributed by atoms with Crippen LogP contribution in [0.15, 0.2) is 42.5 Å². The predicted molar refractivity (Wildman–Crippen MR) is 88.2 cm³/mol. The van der Waals surface area contributed by atoms with E-state index in [0.29, 0.717) is 17.9 Å². The average Bonchev–Trinajstić information content (AvgIpc) is 2.82. The molecule has 1 heterocycles. The van der Waals surface area contributed by atoms with Crippen LogP contribution < -0.4 is 5.32 Å². The van der Waals surface area contributed by atoms with Crippen LogP contribution in [0.25, 0.3) is 0 Å². The fourth-order valence-corrected chi connectivity index (χ4v) is 4.35. The van der Waals surface area contributed by atoms with Gasteiger partial charge in [-0.3, -0.25) is 0 Å². The van der Waals surface area contributed by atoms with Gasteiger partial charge in [0.2, 0.25) is 0 Å². The van der Waals surface area contributed by atoms with Crippen LogP contribution in [0.5, 0.6) is 0 Å². The lowest BCUT2D eigenvalue weighted by molar-refractivity contribution is 0.287. The Bertz CT molecular complexity index is 665. The number of nitrogens with one attached hydrogen (secondary N) is 1. The lowest BCUT2D eigenvalue weighted by Crippen LogP contribution is -2.32. The first-order chi connectivity index (χ1) is 10.2. The zero-order chi connectivity index (χ0) is 14.4. The molecule has 3 unspecified atom stereocenters. The topological polar surface area (TPSA) is 12.0 Å². The Kier molecular flexibility index (Phi) is 3.45. The number of benzene rings is 2. The van der Waals surface area contributed by atoms with Crippen LogP contribution in [0.2, 0.25) is 10.0 Å². The highest BCUT2D eigenvalue weighted by Crippen LogP contribution is 2.52. The molecule has 4 rings (SSSR count). The van der Waals surface area contributed by atoms with Gasteiger partial charge >= 0.3 is 0 Å². The summed E-state index contributed by atoms with van der Waals surface area (Å²) in [5.74, 6) is 1.04. The van der Waals surface area contributed by atoms with Crippen molar-refractivity contribution in [3.8, 4) is 0 Å². The van der Waals surface area contributed by atoms with E-state index in [2.05, 4.69) is 29.6 Å². The monoisotopic (exact) mass is 317 g/mol. The van der Waals surface area contributed by atoms with Crippen molar-refractivity contribution in [2.45, 2.75) is 24.8 Å². The molecule has 2 aromatic carbocycles. The van der Waals surface area contributed by atoms with E-state index in [0.717, 1.165) is 16.6 Å². The highest BCUT2D eigenvalue weighted by molar-refractivity contribution is 6.31. The summed E-state index contributed by atoms with van der Waals surface area (Å²) in [4.78, 5) is 0. The average molecular weight is 318 g/mol. The predicted octanol–water partition coefficient (Wildman–Crippen LogP) is 5.18. The summed E-state index contributed by atoms with van der Waals surface area (Å²) in [6.45, 7) is 1.11. The van der Waals surface area contributed by atoms with Gasteiger partial charge in [0.05, 0.1) is 0 Å². The zero-order valence-electron chi connectivity index (χ0n) is 11.7. The molecule has 1 aliphatic carbocycles. The second-order valence-corrected chi connectivity index (χ2v) is 6.91. The number of fused-ring (bicyclic) bond motifs is 3. The molecule has 0 aromatic heterocycles. The third-order valence-electron chi connectivity index (χ3n) is 4.88. The molecule has 0 bridgehead atoms. The first kappa shape index (κ1) is 13.6. The van der Waals surface area contributed by atoms with Crippen LogP contribution >= 0.6 is 23.2 Å². The number of hydrogen-bond acceptors (Lipinski definition) is 1. The molecule has 0 radical (unpaired) electrons. The van der Waals surface area contributed by atoms with Crippen LogP contribution in [-0.4, -0.2) is 6.54 Å². The molecule has 1 fully saturated rings. The van der Waals surface area contributed by atoms with Gasteiger partial charge in [0.15, 0.2) is 0 Å². The van der Waals surface area contributed by atoms with E-state index in [4.69, 9.17) is 23.2 Å². The first-order valence-electron chi connectivity index (χ1n) is 7.52. The van der Waals surface area contributed by atoms with E-state index >= 15 is 0 Å². The summed E-state index contributed by atoms with van der Waals surface area (Å²) in [7, 11) is 0. The van der Waals surface area contributed by atoms with Crippen molar-refractivity contribution in [2.75, 3.05) is 6.54 Å². The summed E-state index contributed by atoms with van der Waals surface area (Å²) >= 11 is 12.3. The van der Waals surface area contributed by atoms with Crippen LogP contribution in [0, 0.1) is 5.92 Å². The van der Waals surface area contributed by atoms with Crippen LogP contribution in [0.1, 0.15) is 41.5 Å². The Morgan fingerprint density at radius 1 is 0.905 bits per heavy atom. The van der Waals surface area contributed by atoms with E-state index in [1.807, 2.05) is 18.2 Å². The second kappa shape index (κ2) is 5.31. The SMILES string of the molecule is Clc1ccc(C2c3cc(Cl)ccc3C3NCCCC32)cc1. The minimum absolute atomic E-state index is 0.425. The van der Waals surface area contributed by atoms with E-state index in [1.165, 1.54) is 29.5 Å². The standard InChI is InChI=1S/C18H17Cl2N/c19-12-5-3-11(4-6-12)17-15-2-1-9-21-18(15)14-8-7-13(20)10-16(14)17/h3-8,10,15,17-18,21H,1-2,9H2. The van der Waals surface area contributed by atoms with Gasteiger partial charge in [-0.2, -0.15) is 0 Å². The molecule has 0 spiro atoms. The van der Waals surface area contributed by atoms with Crippen LogP contribution in [0.3, 0.4) is 0 Å². The second-order valence-electron chi connectivity index (χ2n) is 6.04. The fraction of sp³-hybridized carbons (Fsp3) is 0.333. The highest BCUT2D eigenvalue weighted by Gasteiger charge is 2.42. The summed E-state index contributed by atoms with van der Waals surface area (Å²) < 4.78 is 0. The van der Waals surface area contributed by atoms with Gasteiger partial charge in [-0.1, -0.05) is 41.4 Å². The van der Waals surface area contributed by atoms with Crippen molar-refractivity contribution in [1.29, 1.82) is 0 Å². The van der Waals surface area contributed by atoms with E-state index in [-0.39, 0.29) is 0 Å². The largest absolute Gasteiger partial charge is 0.310 e. The molecule has 21 heavy (non-hydrogen) atoms. The van der Waals surface area contributed by atoms with E-state index < -0.39 is 0 Å². The van der Waals surface area contributed by atoms with E-state index in [9.17, 15) is 0 Å². The van der Waals surface area contributed by atoms with Gasteiger partial charge in [0.25, 0.3) is 0 Å². The summed E-state index contributed by atoms with van der Waals surface area (Å²) in [6.07, 6.45) is 2.50. The summed E-state index contributed by atoms with van der Waals surface area (Å²) in [5.41, 5.74) is 4.15. The zero-order valence-corrected chi connectivity index (χ0v) is 13.2. The lowest BCUT2D eigenvalue weighted by Gasteiger charge is -2.31. The van der Waals surface area contributed by atoms with Crippen LogP contribution in [0.4, 0.5) is 0 Å². The number of halogens is 2. The molecular weight excluding hydrogens is 301 g/mol. The summed E-state index contributed by atoms with van der Waals surface area (Å²) in [5, 5.41) is 5.32. The number of rotatable bonds is 1. The minimum Gasteiger partial charge on any atom is -0.310 e. The molecule has 2 aromatic rings. The highest BCUT2D eigenvalue weighted by atomic mass is 35.5. The first-order valence-corrected chi connectivity index (χ1v) is 8.28. The Morgan fingerprint density at radius 2 is 1.67 bits per heavy atom. The van der Waals surface area contributed by atoms with Crippen molar-refractivity contribution in [3.63, 3.8) is 0 Å². The summed E-state index contributed by atoms with van der Waals surface area (Å²) in [6, 6.07) is 15.1. The van der Waals surface area contributed by atoms with Gasteiger partial charge in [-0.25, -0.2) is 0 Å². The minimum atomic E-state index is 0.425. The molecule has 2 aliphatic rings. The van der Waals surface area contributed by atoms with Crippen molar-refractivity contribution >= 4 is 23.2 Å². The Labute approximate surface area is 135 Å². The molecular formula is C18H17Cl2N. The molecule has 0 amide bonds. The van der Waals surface area contributed by atoms with Gasteiger partial charge in [-0.05, 0) is 66.3 Å². The van der Waals surface area contributed by atoms with Gasteiger partial charge in [-0.15, -0.1) is 0 Å². The maximum Gasteiger partial charge on any atom is 0.0409 e. The quantitative estimate of drug-likeness (QED) is 0.764. The number of piperidine rings is 1. The smallest absolute Gasteiger partial charge is 0.0409 e. The van der Waals surface area contributed by atoms with Crippen molar-refractivity contribution < 1.29 is 0 Å². The van der Waals surface area contributed by atoms with Crippen molar-refractivity contribution in [1.82, 2.24) is 5.32 Å². The van der Waals surface area contributed by atoms with Crippen molar-refractivity contribution in [3.05, 3.63) is 69.2 Å². The molecule has 0 saturated carbocycles. The Morgan fingerprint density at radius 3 is 2.48 bits per heavy atom. The Hall–Kier alpha value is -1.02.